The number of carbonyl (C=O) groups is 1. The Morgan fingerprint density at radius 1 is 1.21 bits per heavy atom. The number of carbonyl (C=O) groups excluding carboxylic acids is 1. The Bertz CT molecular complexity index is 1030. The van der Waals surface area contributed by atoms with E-state index in [9.17, 15) is 14.9 Å². The largest absolute Gasteiger partial charge is 0.493 e. The van der Waals surface area contributed by atoms with Crippen LogP contribution in [0.25, 0.3) is 6.08 Å². The van der Waals surface area contributed by atoms with Crippen LogP contribution in [0.15, 0.2) is 42.1 Å². The van der Waals surface area contributed by atoms with Crippen LogP contribution in [0, 0.1) is 10.1 Å². The predicted octanol–water partition coefficient (Wildman–Crippen LogP) is 3.44. The third-order valence-electron chi connectivity index (χ3n) is 4.52. The maximum absolute atomic E-state index is 13.0. The molecule has 1 saturated heterocycles. The minimum absolute atomic E-state index is 0.135. The first-order valence-electron chi connectivity index (χ1n) is 8.76. The molecule has 3 rings (SSSR count). The van der Waals surface area contributed by atoms with Crippen LogP contribution in [0.4, 0.5) is 11.4 Å². The Balaban J connectivity index is 2.07. The number of amides is 1. The van der Waals surface area contributed by atoms with Gasteiger partial charge in [-0.3, -0.25) is 19.8 Å². The van der Waals surface area contributed by atoms with E-state index in [4.69, 9.17) is 21.7 Å². The van der Waals surface area contributed by atoms with Gasteiger partial charge >= 0.3 is 0 Å². The van der Waals surface area contributed by atoms with Crippen molar-refractivity contribution in [3.8, 4) is 11.5 Å². The average Bonchev–Trinajstić information content (AvgIpc) is 3.00. The van der Waals surface area contributed by atoms with Crippen molar-refractivity contribution < 1.29 is 19.2 Å². The van der Waals surface area contributed by atoms with E-state index in [2.05, 4.69) is 5.32 Å². The van der Waals surface area contributed by atoms with Crippen LogP contribution >= 0.6 is 12.2 Å². The minimum atomic E-state index is -0.545. The van der Waals surface area contributed by atoms with Gasteiger partial charge in [0.25, 0.3) is 11.6 Å². The molecule has 8 nitrogen and oxygen atoms in total. The lowest BCUT2D eigenvalue weighted by Gasteiger charge is -2.17. The van der Waals surface area contributed by atoms with Crippen LogP contribution in [-0.4, -0.2) is 30.2 Å². The van der Waals surface area contributed by atoms with Crippen LogP contribution in [0.1, 0.15) is 18.1 Å². The van der Waals surface area contributed by atoms with Crippen LogP contribution < -0.4 is 19.7 Å². The highest BCUT2D eigenvalue weighted by Crippen LogP contribution is 2.36. The zero-order valence-electron chi connectivity index (χ0n) is 16.1. The summed E-state index contributed by atoms with van der Waals surface area (Å²) in [6.45, 7) is 1.99. The average molecular weight is 413 g/mol. The molecule has 1 amide bonds. The Morgan fingerprint density at radius 3 is 2.48 bits per heavy atom. The number of hydrogen-bond donors (Lipinski definition) is 1. The predicted molar refractivity (Wildman–Crippen MR) is 113 cm³/mol. The number of benzene rings is 2. The van der Waals surface area contributed by atoms with E-state index < -0.39 is 4.92 Å². The SMILES string of the molecule is CCc1ccccc1N1C(=O)/C(=C\c2cc(OC)c(OC)cc2[N+](=O)[O-])NC1=S. The van der Waals surface area contributed by atoms with Gasteiger partial charge in [-0.05, 0) is 42.4 Å². The molecule has 0 aromatic heterocycles. The summed E-state index contributed by atoms with van der Waals surface area (Å²) in [4.78, 5) is 25.4. The lowest BCUT2D eigenvalue weighted by molar-refractivity contribution is -0.385. The third kappa shape index (κ3) is 3.77. The fourth-order valence-corrected chi connectivity index (χ4v) is 3.39. The van der Waals surface area contributed by atoms with Gasteiger partial charge in [-0.2, -0.15) is 0 Å². The van der Waals surface area contributed by atoms with Crippen molar-refractivity contribution in [3.63, 3.8) is 0 Å². The highest BCUT2D eigenvalue weighted by Gasteiger charge is 2.33. The molecule has 1 aliphatic rings. The summed E-state index contributed by atoms with van der Waals surface area (Å²) in [5.41, 5.74) is 1.75. The number of thiocarbonyl (C=S) groups is 1. The maximum atomic E-state index is 13.0. The van der Waals surface area contributed by atoms with Crippen molar-refractivity contribution in [2.45, 2.75) is 13.3 Å². The zero-order valence-corrected chi connectivity index (χ0v) is 16.9. The van der Waals surface area contributed by atoms with Gasteiger partial charge in [0.1, 0.15) is 5.70 Å². The molecule has 0 bridgehead atoms. The number of hydrogen-bond acceptors (Lipinski definition) is 6. The number of nitro benzene ring substituents is 1. The topological polar surface area (TPSA) is 93.9 Å². The fourth-order valence-electron chi connectivity index (χ4n) is 3.10. The summed E-state index contributed by atoms with van der Waals surface area (Å²) >= 11 is 5.35. The number of ether oxygens (including phenoxy) is 2. The molecule has 0 unspecified atom stereocenters. The number of nitrogens with zero attached hydrogens (tertiary/aromatic N) is 2. The number of para-hydroxylation sites is 1. The van der Waals surface area contributed by atoms with Gasteiger partial charge in [-0.15, -0.1) is 0 Å². The monoisotopic (exact) mass is 413 g/mol. The molecule has 9 heteroatoms. The lowest BCUT2D eigenvalue weighted by Crippen LogP contribution is -2.31. The van der Waals surface area contributed by atoms with E-state index in [0.29, 0.717) is 11.4 Å². The number of anilines is 1. The summed E-state index contributed by atoms with van der Waals surface area (Å²) in [7, 11) is 2.82. The minimum Gasteiger partial charge on any atom is -0.493 e. The Kier molecular flexibility index (Phi) is 5.79. The number of nitro groups is 1. The summed E-state index contributed by atoms with van der Waals surface area (Å²) < 4.78 is 10.4. The first kappa shape index (κ1) is 20.3. The van der Waals surface area contributed by atoms with Gasteiger partial charge in [0.05, 0.1) is 36.5 Å². The van der Waals surface area contributed by atoms with Gasteiger partial charge < -0.3 is 14.8 Å². The summed E-state index contributed by atoms with van der Waals surface area (Å²) in [5.74, 6) is 0.146. The zero-order chi connectivity index (χ0) is 21.1. The van der Waals surface area contributed by atoms with E-state index in [1.807, 2.05) is 31.2 Å². The molecule has 2 aromatic carbocycles. The van der Waals surface area contributed by atoms with Gasteiger partial charge in [0, 0.05) is 0 Å². The molecule has 150 valence electrons. The Morgan fingerprint density at radius 2 is 1.86 bits per heavy atom. The van der Waals surface area contributed by atoms with Crippen molar-refractivity contribution in [1.82, 2.24) is 5.32 Å². The molecule has 0 spiro atoms. The van der Waals surface area contributed by atoms with Crippen molar-refractivity contribution in [2.24, 2.45) is 0 Å². The number of nitrogens with one attached hydrogen (secondary N) is 1. The number of methoxy groups -OCH3 is 2. The first-order valence-corrected chi connectivity index (χ1v) is 9.17. The lowest BCUT2D eigenvalue weighted by atomic mass is 10.1. The third-order valence-corrected chi connectivity index (χ3v) is 4.81. The van der Waals surface area contributed by atoms with Gasteiger partial charge in [0.2, 0.25) is 0 Å². The van der Waals surface area contributed by atoms with Crippen molar-refractivity contribution >= 4 is 40.7 Å². The highest BCUT2D eigenvalue weighted by atomic mass is 32.1. The molecule has 1 fully saturated rings. The quantitative estimate of drug-likeness (QED) is 0.336. The molecule has 0 aliphatic carbocycles. The van der Waals surface area contributed by atoms with Crippen molar-refractivity contribution in [2.75, 3.05) is 19.1 Å². The number of rotatable bonds is 6. The van der Waals surface area contributed by atoms with Crippen LogP contribution in [0.2, 0.25) is 0 Å². The van der Waals surface area contributed by atoms with Crippen LogP contribution in [0.5, 0.6) is 11.5 Å². The summed E-state index contributed by atoms with van der Waals surface area (Å²) in [5, 5.41) is 14.6. The van der Waals surface area contributed by atoms with Gasteiger partial charge in [-0.1, -0.05) is 25.1 Å². The summed E-state index contributed by atoms with van der Waals surface area (Å²) in [6.07, 6.45) is 2.12. The second kappa shape index (κ2) is 8.27. The van der Waals surface area contributed by atoms with Gasteiger partial charge in [0.15, 0.2) is 16.6 Å². The van der Waals surface area contributed by atoms with Crippen molar-refractivity contribution in [1.29, 1.82) is 0 Å². The van der Waals surface area contributed by atoms with Crippen LogP contribution in [0.3, 0.4) is 0 Å². The molecule has 1 aliphatic heterocycles. The standard InChI is InChI=1S/C20H19N3O5S/c1-4-12-7-5-6-8-15(12)22-19(24)14(21-20(22)29)9-13-10-17(27-2)18(28-3)11-16(13)23(25)26/h5-11H,4H2,1-3H3,(H,21,29)/b14-9+. The first-order chi connectivity index (χ1) is 13.9. The highest BCUT2D eigenvalue weighted by molar-refractivity contribution is 7.80. The molecular formula is C20H19N3O5S. The Labute approximate surface area is 172 Å². The molecular weight excluding hydrogens is 394 g/mol. The second-order valence-electron chi connectivity index (χ2n) is 6.13. The smallest absolute Gasteiger partial charge is 0.281 e. The number of aryl methyl sites for hydroxylation is 1. The van der Waals surface area contributed by atoms with E-state index in [0.717, 1.165) is 12.0 Å². The molecule has 2 aromatic rings. The molecule has 29 heavy (non-hydrogen) atoms. The molecule has 1 N–H and O–H groups in total. The normalized spacial score (nSPS) is 14.9. The Hall–Kier alpha value is -3.46. The van der Waals surface area contributed by atoms with E-state index in [-0.39, 0.29) is 33.7 Å². The van der Waals surface area contributed by atoms with Crippen molar-refractivity contribution in [3.05, 3.63) is 63.3 Å². The second-order valence-corrected chi connectivity index (χ2v) is 6.52. The summed E-state index contributed by atoms with van der Waals surface area (Å²) in [6, 6.07) is 10.2. The fraction of sp³-hybridized carbons (Fsp3) is 0.200. The van der Waals surface area contributed by atoms with E-state index >= 15 is 0 Å². The van der Waals surface area contributed by atoms with E-state index in [1.165, 1.54) is 37.3 Å². The molecule has 0 atom stereocenters. The maximum Gasteiger partial charge on any atom is 0.281 e. The molecule has 0 radical (unpaired) electrons. The van der Waals surface area contributed by atoms with Crippen LogP contribution in [-0.2, 0) is 11.2 Å². The molecule has 1 heterocycles. The van der Waals surface area contributed by atoms with E-state index in [1.54, 1.807) is 0 Å². The van der Waals surface area contributed by atoms with Gasteiger partial charge in [-0.25, -0.2) is 0 Å². The molecule has 0 saturated carbocycles.